The predicted molar refractivity (Wildman–Crippen MR) is 130 cm³/mol. The van der Waals surface area contributed by atoms with E-state index < -0.39 is 22.0 Å². The molecule has 0 aliphatic carbocycles. The molecule has 0 bridgehead atoms. The van der Waals surface area contributed by atoms with Crippen LogP contribution in [0.5, 0.6) is 0 Å². The quantitative estimate of drug-likeness (QED) is 0.260. The molecule has 9 nitrogen and oxygen atoms in total. The van der Waals surface area contributed by atoms with Crippen LogP contribution in [0.4, 0.5) is 0 Å². The summed E-state index contributed by atoms with van der Waals surface area (Å²) in [5.41, 5.74) is 9.04. The van der Waals surface area contributed by atoms with Crippen LogP contribution in [0, 0.1) is 11.3 Å². The van der Waals surface area contributed by atoms with Crippen LogP contribution in [0.3, 0.4) is 0 Å². The highest BCUT2D eigenvalue weighted by Gasteiger charge is 2.41. The number of nitrogens with one attached hydrogen (secondary N) is 1. The number of esters is 1. The van der Waals surface area contributed by atoms with Gasteiger partial charge in [-0.15, -0.1) is 0 Å². The molecule has 5 N–H and O–H groups in total. The number of rotatable bonds is 7. The average Bonchev–Trinajstić information content (AvgIpc) is 3.27. The molecule has 1 fully saturated rings. The number of hydroxylamine groups is 2. The first kappa shape index (κ1) is 24.6. The standard InChI is InChI=1S/C25H26N4O5S/c1-33-25(30)21-15-29(34-23(21)18-5-4-6-19(13-18)24(26)27)14-16-9-11-17(12-10-16)20-7-2-3-8-22(20)35(28,31)32/h2-13,21,23H,14-15H2,1H3,(H3,26,27)(H2,28,31,32)/t21-,23+/m0/s1. The van der Waals surface area contributed by atoms with Gasteiger partial charge in [-0.2, -0.15) is 5.06 Å². The number of benzene rings is 3. The van der Waals surface area contributed by atoms with Gasteiger partial charge >= 0.3 is 5.97 Å². The highest BCUT2D eigenvalue weighted by Crippen LogP contribution is 2.36. The number of ether oxygens (including phenoxy) is 1. The maximum Gasteiger partial charge on any atom is 0.313 e. The predicted octanol–water partition coefficient (Wildman–Crippen LogP) is 2.56. The van der Waals surface area contributed by atoms with Crippen LogP contribution in [-0.2, 0) is 30.9 Å². The van der Waals surface area contributed by atoms with Gasteiger partial charge in [0, 0.05) is 24.2 Å². The molecule has 4 rings (SSSR count). The van der Waals surface area contributed by atoms with Crippen molar-refractivity contribution in [3.63, 3.8) is 0 Å². The van der Waals surface area contributed by atoms with E-state index >= 15 is 0 Å². The largest absolute Gasteiger partial charge is 0.469 e. The molecular weight excluding hydrogens is 468 g/mol. The second-order valence-corrected chi connectivity index (χ2v) is 9.79. The van der Waals surface area contributed by atoms with Gasteiger partial charge in [0.15, 0.2) is 0 Å². The summed E-state index contributed by atoms with van der Waals surface area (Å²) in [6.07, 6.45) is -0.581. The SMILES string of the molecule is COC(=O)[C@H]1CN(Cc2ccc(-c3ccccc3S(N)(=O)=O)cc2)O[C@@H]1c1cccc(C(=N)N)c1. The lowest BCUT2D eigenvalue weighted by Crippen LogP contribution is -2.24. The Morgan fingerprint density at radius 2 is 1.83 bits per heavy atom. The number of nitrogens with zero attached hydrogens (tertiary/aromatic N) is 1. The summed E-state index contributed by atoms with van der Waals surface area (Å²) in [5.74, 6) is -1.01. The van der Waals surface area contributed by atoms with Crippen molar-refractivity contribution in [3.05, 3.63) is 89.5 Å². The number of carbonyl (C=O) groups is 1. The molecule has 3 aromatic carbocycles. The number of methoxy groups -OCH3 is 1. The van der Waals surface area contributed by atoms with Crippen molar-refractivity contribution in [1.29, 1.82) is 5.41 Å². The summed E-state index contributed by atoms with van der Waals surface area (Å²) in [5, 5.41) is 14.7. The Hall–Kier alpha value is -3.57. The van der Waals surface area contributed by atoms with E-state index in [0.717, 1.165) is 11.1 Å². The molecule has 1 heterocycles. The molecule has 1 aliphatic rings. The average molecular weight is 495 g/mol. The number of amidine groups is 1. The first-order chi connectivity index (χ1) is 16.7. The lowest BCUT2D eigenvalue weighted by atomic mass is 9.95. The Morgan fingerprint density at radius 1 is 1.11 bits per heavy atom. The highest BCUT2D eigenvalue weighted by atomic mass is 32.2. The van der Waals surface area contributed by atoms with Gasteiger partial charge in [0.2, 0.25) is 10.0 Å². The van der Waals surface area contributed by atoms with E-state index in [0.29, 0.717) is 29.8 Å². The van der Waals surface area contributed by atoms with Crippen molar-refractivity contribution in [1.82, 2.24) is 5.06 Å². The minimum atomic E-state index is -3.86. The van der Waals surface area contributed by atoms with Gasteiger partial charge in [-0.25, -0.2) is 13.6 Å². The minimum Gasteiger partial charge on any atom is -0.469 e. The molecule has 0 amide bonds. The smallest absolute Gasteiger partial charge is 0.313 e. The zero-order valence-electron chi connectivity index (χ0n) is 19.0. The second kappa shape index (κ2) is 9.96. The fraction of sp³-hybridized carbons (Fsp3) is 0.200. The van der Waals surface area contributed by atoms with E-state index in [1.807, 2.05) is 30.3 Å². The Kier molecular flexibility index (Phi) is 6.99. The summed E-state index contributed by atoms with van der Waals surface area (Å²) < 4.78 is 28.9. The van der Waals surface area contributed by atoms with Crippen LogP contribution in [0.2, 0.25) is 0 Å². The molecule has 0 spiro atoms. The van der Waals surface area contributed by atoms with Crippen LogP contribution in [0.15, 0.2) is 77.7 Å². The maximum absolute atomic E-state index is 12.5. The van der Waals surface area contributed by atoms with Gasteiger partial charge in [0.25, 0.3) is 0 Å². The molecule has 1 saturated heterocycles. The van der Waals surface area contributed by atoms with E-state index in [9.17, 15) is 13.2 Å². The van der Waals surface area contributed by atoms with Gasteiger partial charge in [-0.3, -0.25) is 15.0 Å². The van der Waals surface area contributed by atoms with E-state index in [1.54, 1.807) is 41.5 Å². The van der Waals surface area contributed by atoms with Crippen molar-refractivity contribution in [2.24, 2.45) is 16.8 Å². The van der Waals surface area contributed by atoms with Gasteiger partial charge in [0.1, 0.15) is 17.9 Å². The zero-order valence-corrected chi connectivity index (χ0v) is 19.9. The summed E-state index contributed by atoms with van der Waals surface area (Å²) >= 11 is 0. The Bertz CT molecular complexity index is 1360. The third-order valence-corrected chi connectivity index (χ3v) is 6.85. The van der Waals surface area contributed by atoms with Gasteiger partial charge in [-0.05, 0) is 28.8 Å². The number of nitrogens with two attached hydrogens (primary N) is 2. The van der Waals surface area contributed by atoms with Gasteiger partial charge in [0.05, 0.1) is 12.0 Å². The molecule has 1 aliphatic heterocycles. The van der Waals surface area contributed by atoms with E-state index in [4.69, 9.17) is 25.9 Å². The maximum atomic E-state index is 12.5. The highest BCUT2D eigenvalue weighted by molar-refractivity contribution is 7.89. The summed E-state index contributed by atoms with van der Waals surface area (Å²) in [7, 11) is -2.52. The minimum absolute atomic E-state index is 0.0622. The third-order valence-electron chi connectivity index (χ3n) is 5.88. The summed E-state index contributed by atoms with van der Waals surface area (Å²) in [6.45, 7) is 0.713. The summed E-state index contributed by atoms with van der Waals surface area (Å²) in [4.78, 5) is 18.7. The van der Waals surface area contributed by atoms with E-state index in [2.05, 4.69) is 0 Å². The number of hydrogen-bond acceptors (Lipinski definition) is 7. The Balaban J connectivity index is 1.55. The number of primary sulfonamides is 1. The number of carbonyl (C=O) groups excluding carboxylic acids is 1. The third kappa shape index (κ3) is 5.41. The normalized spacial score (nSPS) is 18.3. The molecule has 10 heteroatoms. The topological polar surface area (TPSA) is 149 Å². The number of nitrogen functional groups attached to an aromatic ring is 1. The van der Waals surface area contributed by atoms with Crippen LogP contribution in [0.1, 0.15) is 22.8 Å². The van der Waals surface area contributed by atoms with Crippen molar-refractivity contribution < 1.29 is 22.8 Å². The fourth-order valence-electron chi connectivity index (χ4n) is 4.17. The van der Waals surface area contributed by atoms with E-state index in [-0.39, 0.29) is 16.7 Å². The van der Waals surface area contributed by atoms with Crippen LogP contribution in [0.25, 0.3) is 11.1 Å². The van der Waals surface area contributed by atoms with Crippen molar-refractivity contribution in [2.45, 2.75) is 17.5 Å². The number of hydrogen-bond donors (Lipinski definition) is 3. The monoisotopic (exact) mass is 494 g/mol. The Labute approximate surface area is 203 Å². The number of sulfonamides is 1. The zero-order chi connectivity index (χ0) is 25.2. The lowest BCUT2D eigenvalue weighted by molar-refractivity contribution is -0.161. The lowest BCUT2D eigenvalue weighted by Gasteiger charge is -2.18. The van der Waals surface area contributed by atoms with Crippen molar-refractivity contribution in [3.8, 4) is 11.1 Å². The molecule has 0 aromatic heterocycles. The Morgan fingerprint density at radius 3 is 2.49 bits per heavy atom. The first-order valence-corrected chi connectivity index (χ1v) is 12.4. The molecule has 182 valence electrons. The molecule has 0 saturated carbocycles. The fourth-order valence-corrected chi connectivity index (χ4v) is 4.93. The molecule has 0 radical (unpaired) electrons. The van der Waals surface area contributed by atoms with Gasteiger partial charge < -0.3 is 10.5 Å². The van der Waals surface area contributed by atoms with Crippen molar-refractivity contribution in [2.75, 3.05) is 13.7 Å². The summed E-state index contributed by atoms with van der Waals surface area (Å²) in [6, 6.07) is 21.0. The van der Waals surface area contributed by atoms with Gasteiger partial charge in [-0.1, -0.05) is 60.7 Å². The molecular formula is C25H26N4O5S. The molecule has 3 aromatic rings. The van der Waals surface area contributed by atoms with Crippen LogP contribution < -0.4 is 10.9 Å². The molecule has 35 heavy (non-hydrogen) atoms. The van der Waals surface area contributed by atoms with E-state index in [1.165, 1.54) is 13.2 Å². The van der Waals surface area contributed by atoms with Crippen LogP contribution in [-0.4, -0.2) is 38.9 Å². The second-order valence-electron chi connectivity index (χ2n) is 8.26. The van der Waals surface area contributed by atoms with Crippen LogP contribution >= 0.6 is 0 Å². The van der Waals surface area contributed by atoms with Crippen molar-refractivity contribution >= 4 is 21.8 Å². The molecule has 0 unspecified atom stereocenters. The first-order valence-electron chi connectivity index (χ1n) is 10.8. The molecule has 2 atom stereocenters.